The predicted molar refractivity (Wildman–Crippen MR) is 83.8 cm³/mol. The van der Waals surface area contributed by atoms with E-state index in [1.54, 1.807) is 4.90 Å². The van der Waals surface area contributed by atoms with Gasteiger partial charge in [0.15, 0.2) is 0 Å². The van der Waals surface area contributed by atoms with Gasteiger partial charge in [-0.15, -0.1) is 11.3 Å². The molecule has 0 unspecified atom stereocenters. The molecule has 0 saturated carbocycles. The molecule has 3 N–H and O–H groups in total. The van der Waals surface area contributed by atoms with Crippen molar-refractivity contribution in [1.82, 2.24) is 0 Å². The molecule has 1 saturated heterocycles. The molecule has 106 valence electrons. The number of benzene rings is 1. The van der Waals surface area contributed by atoms with E-state index in [9.17, 15) is 0 Å². The number of quaternary nitrogens is 2. The molecule has 1 aliphatic rings. The van der Waals surface area contributed by atoms with E-state index in [-0.39, 0.29) is 0 Å². The smallest absolute Gasteiger partial charge is 0.111 e. The van der Waals surface area contributed by atoms with Gasteiger partial charge >= 0.3 is 0 Å². The number of nitrogens with one attached hydrogen (secondary N) is 1. The molecule has 0 aliphatic carbocycles. The first-order valence-corrected chi connectivity index (χ1v) is 8.51. The van der Waals surface area contributed by atoms with E-state index in [0.29, 0.717) is 0 Å². The second kappa shape index (κ2) is 7.02. The number of rotatable bonds is 5. The maximum absolute atomic E-state index is 2.55. The number of thiophene rings is 1. The summed E-state index contributed by atoms with van der Waals surface area (Å²) in [5, 5.41) is 4.72. The third-order valence-corrected chi connectivity index (χ3v) is 5.17. The third kappa shape index (κ3) is 3.92. The van der Waals surface area contributed by atoms with Gasteiger partial charge in [-0.1, -0.05) is 36.4 Å². The lowest BCUT2D eigenvalue weighted by molar-refractivity contribution is -0.926. The minimum absolute atomic E-state index is 0.830. The molecule has 3 heteroatoms. The second-order valence-corrected chi connectivity index (χ2v) is 6.80. The Hall–Kier alpha value is -1.16. The highest BCUT2D eigenvalue weighted by atomic mass is 32.1. The highest BCUT2D eigenvalue weighted by Crippen LogP contribution is 2.06. The van der Waals surface area contributed by atoms with Gasteiger partial charge in [0.1, 0.15) is 13.1 Å². The van der Waals surface area contributed by atoms with Crippen molar-refractivity contribution >= 4 is 11.3 Å². The van der Waals surface area contributed by atoms with Crippen LogP contribution in [-0.4, -0.2) is 19.1 Å². The van der Waals surface area contributed by atoms with Gasteiger partial charge in [0.05, 0.1) is 24.0 Å². The largest absolute Gasteiger partial charge is 0.339 e. The Balaban J connectivity index is 1.40. The van der Waals surface area contributed by atoms with Crippen LogP contribution in [0.1, 0.15) is 23.3 Å². The van der Waals surface area contributed by atoms with Crippen molar-refractivity contribution in [2.45, 2.75) is 32.0 Å². The number of hydrogen-bond donors (Lipinski definition) is 2. The van der Waals surface area contributed by atoms with Gasteiger partial charge in [0.2, 0.25) is 0 Å². The van der Waals surface area contributed by atoms with Crippen LogP contribution in [0.15, 0.2) is 47.8 Å². The lowest BCUT2D eigenvalue weighted by atomic mass is 10.0. The number of nitrogens with two attached hydrogens (primary N) is 1. The van der Waals surface area contributed by atoms with Crippen LogP contribution in [0, 0.1) is 0 Å². The highest BCUT2D eigenvalue weighted by molar-refractivity contribution is 7.09. The summed E-state index contributed by atoms with van der Waals surface area (Å²) in [6.45, 7) is 5.00. The highest BCUT2D eigenvalue weighted by Gasteiger charge is 2.24. The molecule has 0 amide bonds. The van der Waals surface area contributed by atoms with E-state index in [1.165, 1.54) is 42.9 Å². The molecule has 2 heterocycles. The Morgan fingerprint density at radius 3 is 2.55 bits per heavy atom. The summed E-state index contributed by atoms with van der Waals surface area (Å²) in [4.78, 5) is 3.25. The summed E-state index contributed by atoms with van der Waals surface area (Å²) in [6.07, 6.45) is 2.71. The lowest BCUT2D eigenvalue weighted by Crippen LogP contribution is -3.13. The fraction of sp³-hybridized carbons (Fsp3) is 0.412. The van der Waals surface area contributed by atoms with Crippen LogP contribution in [0.3, 0.4) is 0 Å². The molecule has 1 aliphatic heterocycles. The summed E-state index contributed by atoms with van der Waals surface area (Å²) >= 11 is 1.88. The van der Waals surface area contributed by atoms with Gasteiger partial charge in [0, 0.05) is 18.4 Å². The first kappa shape index (κ1) is 13.8. The molecule has 0 spiro atoms. The van der Waals surface area contributed by atoms with Crippen molar-refractivity contribution in [2.75, 3.05) is 13.1 Å². The average molecular weight is 288 g/mol. The zero-order valence-corrected chi connectivity index (χ0v) is 12.7. The van der Waals surface area contributed by atoms with Crippen molar-refractivity contribution in [1.29, 1.82) is 0 Å². The van der Waals surface area contributed by atoms with Crippen LogP contribution in [0.2, 0.25) is 0 Å². The van der Waals surface area contributed by atoms with Gasteiger partial charge in [-0.05, 0) is 11.4 Å². The van der Waals surface area contributed by atoms with Crippen LogP contribution in [0.5, 0.6) is 0 Å². The van der Waals surface area contributed by atoms with Crippen molar-refractivity contribution in [3.63, 3.8) is 0 Å². The minimum atomic E-state index is 0.830. The van der Waals surface area contributed by atoms with Crippen molar-refractivity contribution in [2.24, 2.45) is 0 Å². The molecular weight excluding hydrogens is 264 g/mol. The number of piperidine rings is 1. The maximum atomic E-state index is 2.55. The fourth-order valence-corrected chi connectivity index (χ4v) is 3.74. The van der Waals surface area contributed by atoms with E-state index in [2.05, 4.69) is 53.2 Å². The first-order valence-electron chi connectivity index (χ1n) is 7.63. The average Bonchev–Trinajstić information content (AvgIpc) is 3.01. The Morgan fingerprint density at radius 2 is 1.85 bits per heavy atom. The summed E-state index contributed by atoms with van der Waals surface area (Å²) < 4.78 is 0. The van der Waals surface area contributed by atoms with Crippen LogP contribution in [0.25, 0.3) is 0 Å². The summed E-state index contributed by atoms with van der Waals surface area (Å²) in [5.41, 5.74) is 1.48. The van der Waals surface area contributed by atoms with Gasteiger partial charge in [-0.2, -0.15) is 0 Å². The number of hydrogen-bond acceptors (Lipinski definition) is 1. The van der Waals surface area contributed by atoms with Gasteiger partial charge in [-0.3, -0.25) is 0 Å². The fourth-order valence-electron chi connectivity index (χ4n) is 3.06. The van der Waals surface area contributed by atoms with Gasteiger partial charge in [-0.25, -0.2) is 0 Å². The van der Waals surface area contributed by atoms with Crippen LogP contribution < -0.4 is 10.2 Å². The molecule has 2 nitrogen and oxygen atoms in total. The Labute approximate surface area is 125 Å². The van der Waals surface area contributed by atoms with E-state index < -0.39 is 0 Å². The molecule has 20 heavy (non-hydrogen) atoms. The van der Waals surface area contributed by atoms with E-state index >= 15 is 0 Å². The second-order valence-electron chi connectivity index (χ2n) is 5.77. The molecule has 0 atom stereocenters. The minimum Gasteiger partial charge on any atom is -0.339 e. The Morgan fingerprint density at radius 1 is 1.05 bits per heavy atom. The third-order valence-electron chi connectivity index (χ3n) is 4.27. The van der Waals surface area contributed by atoms with Crippen LogP contribution >= 0.6 is 11.3 Å². The van der Waals surface area contributed by atoms with Crippen LogP contribution in [-0.2, 0) is 13.1 Å². The SMILES string of the molecule is c1ccc(C[NH+]2CCC([NH2+]Cc3cccs3)CC2)cc1. The van der Waals surface area contributed by atoms with E-state index in [1.807, 2.05) is 11.3 Å². The van der Waals surface area contributed by atoms with Crippen LogP contribution in [0.4, 0.5) is 0 Å². The monoisotopic (exact) mass is 288 g/mol. The van der Waals surface area contributed by atoms with Gasteiger partial charge in [0.25, 0.3) is 0 Å². The molecule has 1 aromatic carbocycles. The maximum Gasteiger partial charge on any atom is 0.111 e. The summed E-state index contributed by atoms with van der Waals surface area (Å²) in [6, 6.07) is 16.1. The van der Waals surface area contributed by atoms with E-state index in [0.717, 1.165) is 12.6 Å². The normalized spacial score (nSPS) is 22.8. The number of likely N-dealkylation sites (tertiary alicyclic amines) is 1. The van der Waals surface area contributed by atoms with Crippen molar-refractivity contribution in [3.05, 3.63) is 58.3 Å². The zero-order valence-electron chi connectivity index (χ0n) is 11.9. The Bertz CT molecular complexity index is 487. The molecule has 3 rings (SSSR count). The van der Waals surface area contributed by atoms with E-state index in [4.69, 9.17) is 0 Å². The quantitative estimate of drug-likeness (QED) is 0.821. The summed E-state index contributed by atoms with van der Waals surface area (Å²) in [7, 11) is 0. The Kier molecular flexibility index (Phi) is 4.85. The van der Waals surface area contributed by atoms with Crippen molar-refractivity contribution < 1.29 is 10.2 Å². The standard InChI is InChI=1S/C17H22N2S/c1-2-5-15(6-3-1)14-19-10-8-16(9-11-19)18-13-17-7-4-12-20-17/h1-7,12,16,18H,8-11,13-14H2/p+2. The molecule has 0 radical (unpaired) electrons. The topological polar surface area (TPSA) is 21.1 Å². The van der Waals surface area contributed by atoms with Crippen molar-refractivity contribution in [3.8, 4) is 0 Å². The van der Waals surface area contributed by atoms with Gasteiger partial charge < -0.3 is 10.2 Å². The predicted octanol–water partition coefficient (Wildman–Crippen LogP) is 1.06. The molecule has 1 fully saturated rings. The molecular formula is C17H24N2S+2. The summed E-state index contributed by atoms with van der Waals surface area (Å²) in [5.74, 6) is 0. The molecule has 1 aromatic heterocycles. The zero-order chi connectivity index (χ0) is 13.6. The molecule has 2 aromatic rings. The first-order chi connectivity index (χ1) is 9.90. The molecule has 0 bridgehead atoms. The lowest BCUT2D eigenvalue weighted by Gasteiger charge is -2.28.